The van der Waals surface area contributed by atoms with Crippen molar-refractivity contribution in [2.24, 2.45) is 0 Å². The minimum absolute atomic E-state index is 0.00137. The summed E-state index contributed by atoms with van der Waals surface area (Å²) < 4.78 is 2.02. The Balaban J connectivity index is 2.39. The van der Waals surface area contributed by atoms with Gasteiger partial charge in [0.25, 0.3) is 0 Å². The summed E-state index contributed by atoms with van der Waals surface area (Å²) in [6.45, 7) is 0. The van der Waals surface area contributed by atoms with E-state index in [1.165, 1.54) is 0 Å². The van der Waals surface area contributed by atoms with Gasteiger partial charge in [0.15, 0.2) is 5.78 Å². The van der Waals surface area contributed by atoms with E-state index in [2.05, 4.69) is 43.5 Å². The van der Waals surface area contributed by atoms with Crippen LogP contribution in [-0.2, 0) is 0 Å². The third-order valence-electron chi connectivity index (χ3n) is 2.11. The van der Waals surface area contributed by atoms with Crippen LogP contribution in [0.4, 0.5) is 0 Å². The Morgan fingerprint density at radius 3 is 2.69 bits per heavy atom. The maximum Gasteiger partial charge on any atom is 0.194 e. The molecule has 0 N–H and O–H groups in total. The first kappa shape index (κ1) is 11.7. The van der Waals surface area contributed by atoms with Gasteiger partial charge < -0.3 is 0 Å². The Hall–Kier alpha value is -0.750. The Bertz CT molecular complexity index is 528. The summed E-state index contributed by atoms with van der Waals surface area (Å²) in [7, 11) is 0. The second-order valence-electron chi connectivity index (χ2n) is 3.20. The van der Waals surface area contributed by atoms with Crippen LogP contribution in [0.15, 0.2) is 47.2 Å². The second-order valence-corrected chi connectivity index (χ2v) is 5.22. The predicted molar refractivity (Wildman–Crippen MR) is 74.5 cm³/mol. The molecule has 2 nitrogen and oxygen atoms in total. The van der Waals surface area contributed by atoms with Crippen LogP contribution in [0.2, 0.25) is 0 Å². The van der Waals surface area contributed by atoms with E-state index in [1.807, 2.05) is 18.2 Å². The van der Waals surface area contributed by atoms with Gasteiger partial charge in [-0.1, -0.05) is 0 Å². The number of pyridine rings is 1. The summed E-state index contributed by atoms with van der Waals surface area (Å²) in [6, 6.07) is 9.08. The Labute approximate surface area is 115 Å². The molecule has 0 fully saturated rings. The van der Waals surface area contributed by atoms with Gasteiger partial charge in [0, 0.05) is 31.6 Å². The Morgan fingerprint density at radius 2 is 2.06 bits per heavy atom. The van der Waals surface area contributed by atoms with Gasteiger partial charge in [-0.3, -0.25) is 9.78 Å². The van der Waals surface area contributed by atoms with Gasteiger partial charge in [0.05, 0.1) is 0 Å². The normalized spacial score (nSPS) is 10.1. The van der Waals surface area contributed by atoms with E-state index >= 15 is 0 Å². The fraction of sp³-hybridized carbons (Fsp3) is 0. The molecule has 0 bridgehead atoms. The highest BCUT2D eigenvalue weighted by atomic mass is 127. The second kappa shape index (κ2) is 5.05. The van der Waals surface area contributed by atoms with Crippen molar-refractivity contribution in [2.45, 2.75) is 0 Å². The predicted octanol–water partition coefficient (Wildman–Crippen LogP) is 3.68. The minimum atomic E-state index is -0.00137. The van der Waals surface area contributed by atoms with Crippen LogP contribution in [0.25, 0.3) is 0 Å². The number of hydrogen-bond donors (Lipinski definition) is 0. The largest absolute Gasteiger partial charge is 0.289 e. The van der Waals surface area contributed by atoms with Crippen molar-refractivity contribution in [1.82, 2.24) is 4.98 Å². The first-order valence-electron chi connectivity index (χ1n) is 4.58. The standard InChI is InChI=1S/C12H7BrINO/c13-10-4-3-8(6-11(10)14)12(16)9-2-1-5-15-7-9/h1-7H. The molecule has 0 saturated heterocycles. The molecule has 0 saturated carbocycles. The summed E-state index contributed by atoms with van der Waals surface area (Å²) >= 11 is 5.59. The number of carbonyl (C=O) groups is 1. The molecule has 1 heterocycles. The van der Waals surface area contributed by atoms with E-state index in [0.717, 1.165) is 8.04 Å². The number of ketones is 1. The lowest BCUT2D eigenvalue weighted by atomic mass is 10.1. The van der Waals surface area contributed by atoms with Crippen molar-refractivity contribution >= 4 is 44.3 Å². The number of benzene rings is 1. The Morgan fingerprint density at radius 1 is 1.25 bits per heavy atom. The zero-order valence-electron chi connectivity index (χ0n) is 8.15. The van der Waals surface area contributed by atoms with Crippen LogP contribution >= 0.6 is 38.5 Å². The van der Waals surface area contributed by atoms with E-state index in [1.54, 1.807) is 24.5 Å². The van der Waals surface area contributed by atoms with E-state index in [0.29, 0.717) is 11.1 Å². The van der Waals surface area contributed by atoms with Crippen LogP contribution in [-0.4, -0.2) is 10.8 Å². The van der Waals surface area contributed by atoms with Crippen molar-refractivity contribution in [3.8, 4) is 0 Å². The lowest BCUT2D eigenvalue weighted by Gasteiger charge is -2.02. The van der Waals surface area contributed by atoms with Gasteiger partial charge in [-0.15, -0.1) is 0 Å². The Kier molecular flexibility index (Phi) is 3.70. The van der Waals surface area contributed by atoms with Crippen molar-refractivity contribution in [2.75, 3.05) is 0 Å². The minimum Gasteiger partial charge on any atom is -0.289 e. The van der Waals surface area contributed by atoms with Crippen molar-refractivity contribution in [1.29, 1.82) is 0 Å². The van der Waals surface area contributed by atoms with Gasteiger partial charge in [-0.05, 0) is 68.9 Å². The molecule has 0 atom stereocenters. The highest BCUT2D eigenvalue weighted by Gasteiger charge is 2.09. The smallest absolute Gasteiger partial charge is 0.194 e. The highest BCUT2D eigenvalue weighted by molar-refractivity contribution is 14.1. The van der Waals surface area contributed by atoms with E-state index < -0.39 is 0 Å². The van der Waals surface area contributed by atoms with Crippen molar-refractivity contribution in [3.05, 3.63) is 61.9 Å². The molecule has 1 aromatic heterocycles. The summed E-state index contributed by atoms with van der Waals surface area (Å²) in [5, 5.41) is 0. The first-order valence-corrected chi connectivity index (χ1v) is 6.45. The highest BCUT2D eigenvalue weighted by Crippen LogP contribution is 2.21. The van der Waals surface area contributed by atoms with Gasteiger partial charge in [0.1, 0.15) is 0 Å². The van der Waals surface area contributed by atoms with Gasteiger partial charge in [0.2, 0.25) is 0 Å². The lowest BCUT2D eigenvalue weighted by Crippen LogP contribution is -2.01. The summed E-state index contributed by atoms with van der Waals surface area (Å²) in [5.41, 5.74) is 1.29. The van der Waals surface area contributed by atoms with E-state index in [9.17, 15) is 4.79 Å². The molecule has 0 aliphatic carbocycles. The first-order chi connectivity index (χ1) is 7.68. The maximum atomic E-state index is 12.1. The molecule has 80 valence electrons. The summed E-state index contributed by atoms with van der Waals surface area (Å²) in [6.07, 6.45) is 3.24. The molecular formula is C12H7BrINO. The zero-order valence-corrected chi connectivity index (χ0v) is 11.9. The number of halogens is 2. The molecule has 16 heavy (non-hydrogen) atoms. The maximum absolute atomic E-state index is 12.1. The molecule has 0 aliphatic heterocycles. The van der Waals surface area contributed by atoms with E-state index in [-0.39, 0.29) is 5.78 Å². The quantitative estimate of drug-likeness (QED) is 0.581. The lowest BCUT2D eigenvalue weighted by molar-refractivity contribution is 0.103. The summed E-state index contributed by atoms with van der Waals surface area (Å²) in [4.78, 5) is 16.0. The third-order valence-corrected chi connectivity index (χ3v) is 4.43. The molecule has 4 heteroatoms. The average molecular weight is 388 g/mol. The number of hydrogen-bond acceptors (Lipinski definition) is 2. The fourth-order valence-electron chi connectivity index (χ4n) is 1.30. The molecule has 0 unspecified atom stereocenters. The van der Waals surface area contributed by atoms with Gasteiger partial charge in [-0.25, -0.2) is 0 Å². The van der Waals surface area contributed by atoms with Crippen LogP contribution in [0, 0.1) is 3.57 Å². The fourth-order valence-corrected chi connectivity index (χ4v) is 2.06. The molecule has 0 aliphatic rings. The van der Waals surface area contributed by atoms with Gasteiger partial charge in [-0.2, -0.15) is 0 Å². The monoisotopic (exact) mass is 387 g/mol. The van der Waals surface area contributed by atoms with Crippen LogP contribution < -0.4 is 0 Å². The number of rotatable bonds is 2. The molecule has 0 radical (unpaired) electrons. The van der Waals surface area contributed by atoms with E-state index in [4.69, 9.17) is 0 Å². The van der Waals surface area contributed by atoms with Crippen LogP contribution in [0.3, 0.4) is 0 Å². The number of aromatic nitrogens is 1. The molecular weight excluding hydrogens is 381 g/mol. The molecule has 0 amide bonds. The SMILES string of the molecule is O=C(c1cccnc1)c1ccc(Br)c(I)c1. The average Bonchev–Trinajstić information content (AvgIpc) is 2.33. The molecule has 2 rings (SSSR count). The van der Waals surface area contributed by atoms with Gasteiger partial charge >= 0.3 is 0 Å². The number of carbonyl (C=O) groups excluding carboxylic acids is 1. The van der Waals surface area contributed by atoms with Crippen molar-refractivity contribution in [3.63, 3.8) is 0 Å². The van der Waals surface area contributed by atoms with Crippen LogP contribution in [0.1, 0.15) is 15.9 Å². The zero-order chi connectivity index (χ0) is 11.5. The van der Waals surface area contributed by atoms with Crippen molar-refractivity contribution < 1.29 is 4.79 Å². The molecule has 0 spiro atoms. The van der Waals surface area contributed by atoms with Crippen LogP contribution in [0.5, 0.6) is 0 Å². The topological polar surface area (TPSA) is 30.0 Å². The third kappa shape index (κ3) is 2.49. The summed E-state index contributed by atoms with van der Waals surface area (Å²) in [5.74, 6) is -0.00137. The molecule has 1 aromatic carbocycles. The number of nitrogens with zero attached hydrogens (tertiary/aromatic N) is 1. The molecule has 2 aromatic rings.